The standard InChI is InChI=1S/C7H14ClN/c1-5-2-3-6(8)4-7(5)9/h5-7H,2-4,9H2,1H3. The first-order chi connectivity index (χ1) is 4.20. The second-order valence-corrected chi connectivity index (χ2v) is 3.67. The first-order valence-electron chi connectivity index (χ1n) is 3.60. The summed E-state index contributed by atoms with van der Waals surface area (Å²) < 4.78 is 0. The fraction of sp³-hybridized carbons (Fsp3) is 1.00. The van der Waals surface area contributed by atoms with Crippen LogP contribution in [0, 0.1) is 5.92 Å². The van der Waals surface area contributed by atoms with Crippen molar-refractivity contribution in [2.45, 2.75) is 37.6 Å². The minimum absolute atomic E-state index is 0.344. The van der Waals surface area contributed by atoms with Crippen LogP contribution in [0.3, 0.4) is 0 Å². The van der Waals surface area contributed by atoms with Crippen LogP contribution in [0.1, 0.15) is 26.2 Å². The van der Waals surface area contributed by atoms with Gasteiger partial charge in [-0.3, -0.25) is 0 Å². The van der Waals surface area contributed by atoms with Gasteiger partial charge in [0.2, 0.25) is 0 Å². The Labute approximate surface area is 61.6 Å². The normalized spacial score (nSPS) is 45.0. The van der Waals surface area contributed by atoms with Gasteiger partial charge in [-0.15, -0.1) is 11.6 Å². The van der Waals surface area contributed by atoms with E-state index in [-0.39, 0.29) is 0 Å². The van der Waals surface area contributed by atoms with Gasteiger partial charge < -0.3 is 5.73 Å². The first kappa shape index (κ1) is 7.36. The van der Waals surface area contributed by atoms with Gasteiger partial charge >= 0.3 is 0 Å². The quantitative estimate of drug-likeness (QED) is 0.519. The average molecular weight is 148 g/mol. The summed E-state index contributed by atoms with van der Waals surface area (Å²) in [5.74, 6) is 0.681. The van der Waals surface area contributed by atoms with Gasteiger partial charge in [-0.1, -0.05) is 6.92 Å². The van der Waals surface area contributed by atoms with E-state index in [1.54, 1.807) is 0 Å². The molecule has 0 heterocycles. The molecule has 54 valence electrons. The third kappa shape index (κ3) is 1.84. The molecule has 0 saturated heterocycles. The van der Waals surface area contributed by atoms with Crippen LogP contribution in [0.15, 0.2) is 0 Å². The molecule has 2 N–H and O–H groups in total. The molecule has 0 aromatic carbocycles. The highest BCUT2D eigenvalue weighted by atomic mass is 35.5. The summed E-state index contributed by atoms with van der Waals surface area (Å²) in [6, 6.07) is 0.348. The Morgan fingerprint density at radius 1 is 1.44 bits per heavy atom. The zero-order valence-corrected chi connectivity index (χ0v) is 6.56. The molecule has 1 fully saturated rings. The van der Waals surface area contributed by atoms with Crippen molar-refractivity contribution in [3.63, 3.8) is 0 Å². The monoisotopic (exact) mass is 147 g/mol. The number of nitrogens with two attached hydrogens (primary N) is 1. The van der Waals surface area contributed by atoms with E-state index < -0.39 is 0 Å². The fourth-order valence-electron chi connectivity index (χ4n) is 1.30. The smallest absolute Gasteiger partial charge is 0.0351 e. The molecule has 1 nitrogen and oxygen atoms in total. The third-order valence-electron chi connectivity index (χ3n) is 2.19. The van der Waals surface area contributed by atoms with Crippen LogP contribution >= 0.6 is 11.6 Å². The van der Waals surface area contributed by atoms with Crippen molar-refractivity contribution < 1.29 is 0 Å². The molecule has 1 aliphatic rings. The molecule has 0 aromatic rings. The molecule has 3 unspecified atom stereocenters. The molecule has 0 bridgehead atoms. The van der Waals surface area contributed by atoms with E-state index in [2.05, 4.69) is 6.92 Å². The Kier molecular flexibility index (Phi) is 2.36. The number of rotatable bonds is 0. The maximum atomic E-state index is 5.90. The summed E-state index contributed by atoms with van der Waals surface area (Å²) >= 11 is 5.90. The molecule has 0 radical (unpaired) electrons. The van der Waals surface area contributed by atoms with Crippen molar-refractivity contribution in [1.82, 2.24) is 0 Å². The molecule has 1 rings (SSSR count). The Morgan fingerprint density at radius 3 is 2.56 bits per heavy atom. The van der Waals surface area contributed by atoms with Gasteiger partial charge in [0.1, 0.15) is 0 Å². The molecule has 0 aliphatic heterocycles. The second kappa shape index (κ2) is 2.89. The van der Waals surface area contributed by atoms with Crippen molar-refractivity contribution in [3.8, 4) is 0 Å². The maximum Gasteiger partial charge on any atom is 0.0351 e. The van der Waals surface area contributed by atoms with Gasteiger partial charge in [0.15, 0.2) is 0 Å². The Morgan fingerprint density at radius 2 is 2.11 bits per heavy atom. The molecule has 9 heavy (non-hydrogen) atoms. The SMILES string of the molecule is CC1CCC(Cl)CC1N. The molecule has 0 aromatic heterocycles. The van der Waals surface area contributed by atoms with E-state index in [4.69, 9.17) is 17.3 Å². The van der Waals surface area contributed by atoms with E-state index in [0.717, 1.165) is 12.8 Å². The first-order valence-corrected chi connectivity index (χ1v) is 4.03. The predicted octanol–water partition coefficient (Wildman–Crippen LogP) is 1.74. The van der Waals surface area contributed by atoms with Crippen LogP contribution in [-0.4, -0.2) is 11.4 Å². The van der Waals surface area contributed by atoms with Gasteiger partial charge in [-0.05, 0) is 25.2 Å². The molecule has 1 aliphatic carbocycles. The zero-order chi connectivity index (χ0) is 6.85. The molecular weight excluding hydrogens is 134 g/mol. The predicted molar refractivity (Wildman–Crippen MR) is 40.6 cm³/mol. The van der Waals surface area contributed by atoms with Gasteiger partial charge in [0, 0.05) is 11.4 Å². The number of halogens is 1. The van der Waals surface area contributed by atoms with Crippen LogP contribution in [0.25, 0.3) is 0 Å². The van der Waals surface area contributed by atoms with Crippen LogP contribution in [-0.2, 0) is 0 Å². The van der Waals surface area contributed by atoms with Crippen molar-refractivity contribution in [3.05, 3.63) is 0 Å². The van der Waals surface area contributed by atoms with E-state index in [1.807, 2.05) is 0 Å². The molecule has 2 heteroatoms. The van der Waals surface area contributed by atoms with Crippen LogP contribution in [0.2, 0.25) is 0 Å². The fourth-order valence-corrected chi connectivity index (χ4v) is 1.64. The minimum atomic E-state index is 0.344. The Balaban J connectivity index is 2.35. The van der Waals surface area contributed by atoms with Gasteiger partial charge in [0.05, 0.1) is 0 Å². The number of hydrogen-bond acceptors (Lipinski definition) is 1. The lowest BCUT2D eigenvalue weighted by Crippen LogP contribution is -2.35. The van der Waals surface area contributed by atoms with Crippen molar-refractivity contribution in [2.24, 2.45) is 11.7 Å². The van der Waals surface area contributed by atoms with Crippen molar-refractivity contribution >= 4 is 11.6 Å². The molecular formula is C7H14ClN. The van der Waals surface area contributed by atoms with E-state index in [0.29, 0.717) is 17.3 Å². The van der Waals surface area contributed by atoms with E-state index >= 15 is 0 Å². The summed E-state index contributed by atoms with van der Waals surface area (Å²) in [6.07, 6.45) is 3.36. The highest BCUT2D eigenvalue weighted by molar-refractivity contribution is 6.20. The summed E-state index contributed by atoms with van der Waals surface area (Å²) in [5.41, 5.74) is 5.78. The van der Waals surface area contributed by atoms with Crippen LogP contribution in [0.5, 0.6) is 0 Å². The molecule has 0 spiro atoms. The molecule has 1 saturated carbocycles. The molecule has 3 atom stereocenters. The summed E-state index contributed by atoms with van der Waals surface area (Å²) in [6.45, 7) is 2.20. The largest absolute Gasteiger partial charge is 0.327 e. The lowest BCUT2D eigenvalue weighted by atomic mass is 9.86. The average Bonchev–Trinajstić information content (AvgIpc) is 1.80. The van der Waals surface area contributed by atoms with Gasteiger partial charge in [-0.2, -0.15) is 0 Å². The summed E-state index contributed by atoms with van der Waals surface area (Å²) in [7, 11) is 0. The summed E-state index contributed by atoms with van der Waals surface area (Å²) in [5, 5.41) is 0.344. The molecule has 0 amide bonds. The van der Waals surface area contributed by atoms with Crippen molar-refractivity contribution in [2.75, 3.05) is 0 Å². The Hall–Kier alpha value is 0.250. The van der Waals surface area contributed by atoms with E-state index in [1.165, 1.54) is 6.42 Å². The summed E-state index contributed by atoms with van der Waals surface area (Å²) in [4.78, 5) is 0. The maximum absolute atomic E-state index is 5.90. The third-order valence-corrected chi connectivity index (χ3v) is 2.59. The highest BCUT2D eigenvalue weighted by Crippen LogP contribution is 2.25. The second-order valence-electron chi connectivity index (χ2n) is 3.05. The topological polar surface area (TPSA) is 26.0 Å². The lowest BCUT2D eigenvalue weighted by Gasteiger charge is -2.28. The van der Waals surface area contributed by atoms with Crippen LogP contribution < -0.4 is 5.73 Å². The van der Waals surface area contributed by atoms with Crippen molar-refractivity contribution in [1.29, 1.82) is 0 Å². The minimum Gasteiger partial charge on any atom is -0.327 e. The highest BCUT2D eigenvalue weighted by Gasteiger charge is 2.22. The number of hydrogen-bond donors (Lipinski definition) is 1. The Bertz CT molecular complexity index is 94.9. The van der Waals surface area contributed by atoms with E-state index in [9.17, 15) is 0 Å². The zero-order valence-electron chi connectivity index (χ0n) is 5.81. The van der Waals surface area contributed by atoms with Gasteiger partial charge in [0.25, 0.3) is 0 Å². The van der Waals surface area contributed by atoms with Crippen LogP contribution in [0.4, 0.5) is 0 Å². The lowest BCUT2D eigenvalue weighted by molar-refractivity contribution is 0.335. The van der Waals surface area contributed by atoms with Gasteiger partial charge in [-0.25, -0.2) is 0 Å². The number of alkyl halides is 1.